The summed E-state index contributed by atoms with van der Waals surface area (Å²) in [5.74, 6) is 0. The number of hydrogen-bond donors (Lipinski definition) is 0. The highest BCUT2D eigenvalue weighted by Crippen LogP contribution is 2.43. The second kappa shape index (κ2) is 23.1. The lowest BCUT2D eigenvalue weighted by atomic mass is 10.0. The van der Waals surface area contributed by atoms with Gasteiger partial charge in [0.1, 0.15) is 0 Å². The Hall–Kier alpha value is -11.5. The molecule has 17 aromatic rings. The van der Waals surface area contributed by atoms with Gasteiger partial charge in [0, 0.05) is 87.2 Å². The highest BCUT2D eigenvalue weighted by atomic mass is 32.1. The Morgan fingerprint density at radius 1 is 0.191 bits per heavy atom. The van der Waals surface area contributed by atoms with Crippen molar-refractivity contribution in [3.05, 3.63) is 352 Å². The molecule has 0 bridgehead atoms. The molecule has 17 rings (SSSR count). The van der Waals surface area contributed by atoms with Crippen LogP contribution >= 0.6 is 11.3 Å². The molecule has 0 aliphatic heterocycles. The van der Waals surface area contributed by atoms with Crippen LogP contribution in [0.5, 0.6) is 0 Å². The molecule has 0 aliphatic carbocycles. The molecular formula is C84H58N4S. The maximum Gasteiger partial charge on any atom is 0.0541 e. The van der Waals surface area contributed by atoms with Crippen LogP contribution in [0.4, 0.5) is 34.1 Å². The zero-order valence-electron chi connectivity index (χ0n) is 48.7. The van der Waals surface area contributed by atoms with Crippen molar-refractivity contribution >= 4 is 109 Å². The van der Waals surface area contributed by atoms with Gasteiger partial charge in [-0.25, -0.2) is 0 Å². The van der Waals surface area contributed by atoms with Crippen molar-refractivity contribution in [3.8, 4) is 44.8 Å². The van der Waals surface area contributed by atoms with E-state index in [1.165, 1.54) is 109 Å². The summed E-state index contributed by atoms with van der Waals surface area (Å²) >= 11 is 1.87. The van der Waals surface area contributed by atoms with Crippen LogP contribution in [0.1, 0.15) is 0 Å². The van der Waals surface area contributed by atoms with Crippen molar-refractivity contribution in [2.75, 3.05) is 9.80 Å². The Morgan fingerprint density at radius 3 is 0.719 bits per heavy atom. The summed E-state index contributed by atoms with van der Waals surface area (Å²) in [4.78, 5) is 4.62. The monoisotopic (exact) mass is 1150 g/mol. The first-order valence-corrected chi connectivity index (χ1v) is 31.1. The van der Waals surface area contributed by atoms with Gasteiger partial charge in [0.05, 0.1) is 22.1 Å². The second-order valence-corrected chi connectivity index (χ2v) is 23.5. The molecule has 0 spiro atoms. The van der Waals surface area contributed by atoms with Gasteiger partial charge >= 0.3 is 0 Å². The number of benzene rings is 14. The van der Waals surface area contributed by atoms with Gasteiger partial charge in [-0.3, -0.25) is 0 Å². The van der Waals surface area contributed by atoms with E-state index in [0.717, 1.165) is 34.1 Å². The van der Waals surface area contributed by atoms with E-state index in [2.05, 4.69) is 371 Å². The van der Waals surface area contributed by atoms with Gasteiger partial charge < -0.3 is 18.9 Å². The Morgan fingerprint density at radius 2 is 0.427 bits per heavy atom. The molecule has 0 fully saturated rings. The number of rotatable bonds is 11. The predicted molar refractivity (Wildman–Crippen MR) is 380 cm³/mol. The van der Waals surface area contributed by atoms with E-state index >= 15 is 0 Å². The van der Waals surface area contributed by atoms with Gasteiger partial charge in [-0.15, -0.1) is 11.3 Å². The summed E-state index contributed by atoms with van der Waals surface area (Å²) in [5, 5.41) is 7.76. The van der Waals surface area contributed by atoms with Crippen LogP contribution in [0.3, 0.4) is 0 Å². The SMILES string of the molecule is c1ccc(-c2ccc(N(c3ccccc3)c3ccc(-c4ccc(N(c5ccccc5)c5ccc(-c6ccccc6)cc5)cc4)cc3)cc2)cc1.c1ccc2c(c1)c1ccccc1n2-c1ccc2sc3ccc(-n4c5ccccc5c5ccccc54)cc3c2c1. The smallest absolute Gasteiger partial charge is 0.0541 e. The summed E-state index contributed by atoms with van der Waals surface area (Å²) in [6.45, 7) is 0. The molecule has 14 aromatic carbocycles. The zero-order chi connectivity index (χ0) is 59.0. The molecule has 89 heavy (non-hydrogen) atoms. The van der Waals surface area contributed by atoms with Crippen molar-refractivity contribution in [2.24, 2.45) is 0 Å². The minimum atomic E-state index is 1.11. The van der Waals surface area contributed by atoms with Crippen LogP contribution in [0.2, 0.25) is 0 Å². The quantitative estimate of drug-likeness (QED) is 0.128. The van der Waals surface area contributed by atoms with Gasteiger partial charge in [-0.2, -0.15) is 0 Å². The third-order valence-corrected chi connectivity index (χ3v) is 18.3. The minimum Gasteiger partial charge on any atom is -0.311 e. The summed E-state index contributed by atoms with van der Waals surface area (Å²) < 4.78 is 7.44. The molecule has 0 saturated carbocycles. The number of fused-ring (bicyclic) bond motifs is 9. The number of anilines is 6. The molecule has 3 aromatic heterocycles. The van der Waals surface area contributed by atoms with Gasteiger partial charge in [0.25, 0.3) is 0 Å². The fourth-order valence-electron chi connectivity index (χ4n) is 13.0. The summed E-state index contributed by atoms with van der Waals surface area (Å²) in [6.07, 6.45) is 0. The van der Waals surface area contributed by atoms with Crippen molar-refractivity contribution in [2.45, 2.75) is 0 Å². The Bertz CT molecular complexity index is 4880. The number of hydrogen-bond acceptors (Lipinski definition) is 3. The molecule has 0 amide bonds. The number of thiophene rings is 1. The van der Waals surface area contributed by atoms with E-state index < -0.39 is 0 Å². The first-order chi connectivity index (χ1) is 44.1. The molecule has 0 aliphatic rings. The van der Waals surface area contributed by atoms with Crippen LogP contribution in [0.15, 0.2) is 352 Å². The van der Waals surface area contributed by atoms with Crippen molar-refractivity contribution in [1.29, 1.82) is 0 Å². The lowest BCUT2D eigenvalue weighted by molar-refractivity contribution is 1.18. The van der Waals surface area contributed by atoms with Crippen LogP contribution in [-0.2, 0) is 0 Å². The average molecular weight is 1160 g/mol. The van der Waals surface area contributed by atoms with E-state index in [-0.39, 0.29) is 0 Å². The summed E-state index contributed by atoms with van der Waals surface area (Å²) in [7, 11) is 0. The molecular weight excluding hydrogens is 1100 g/mol. The Balaban J connectivity index is 0.000000147. The maximum atomic E-state index is 2.41. The summed E-state index contributed by atoms with van der Waals surface area (Å²) in [6, 6.07) is 126. The van der Waals surface area contributed by atoms with Gasteiger partial charge in [0.15, 0.2) is 0 Å². The number of nitrogens with zero attached hydrogens (tertiary/aromatic N) is 4. The molecule has 0 N–H and O–H groups in total. The number of para-hydroxylation sites is 6. The molecule has 420 valence electrons. The highest BCUT2D eigenvalue weighted by molar-refractivity contribution is 7.25. The molecule has 5 heteroatoms. The first-order valence-electron chi connectivity index (χ1n) is 30.3. The third-order valence-electron chi connectivity index (χ3n) is 17.2. The van der Waals surface area contributed by atoms with Crippen LogP contribution in [0, 0.1) is 0 Å². The van der Waals surface area contributed by atoms with E-state index in [4.69, 9.17) is 0 Å². The molecule has 0 radical (unpaired) electrons. The average Bonchev–Trinajstić information content (AvgIpc) is 1.66. The molecule has 0 atom stereocenters. The highest BCUT2D eigenvalue weighted by Gasteiger charge is 2.19. The molecule has 3 heterocycles. The lowest BCUT2D eigenvalue weighted by Gasteiger charge is -2.26. The Labute approximate surface area is 521 Å². The first kappa shape index (κ1) is 53.0. The fourth-order valence-corrected chi connectivity index (χ4v) is 14.0. The van der Waals surface area contributed by atoms with Crippen LogP contribution in [0.25, 0.3) is 109 Å². The van der Waals surface area contributed by atoms with E-state index in [1.54, 1.807) is 0 Å². The van der Waals surface area contributed by atoms with Crippen molar-refractivity contribution < 1.29 is 0 Å². The molecule has 0 unspecified atom stereocenters. The topological polar surface area (TPSA) is 16.3 Å². The lowest BCUT2D eigenvalue weighted by Crippen LogP contribution is -2.10. The van der Waals surface area contributed by atoms with E-state index in [1.807, 2.05) is 11.3 Å². The second-order valence-electron chi connectivity index (χ2n) is 22.5. The van der Waals surface area contributed by atoms with E-state index in [0.29, 0.717) is 0 Å². The standard InChI is InChI=1S/C48H36N2.C36H22N2S/c1-5-13-37(14-6-1)39-21-29-45(30-22-39)49(43-17-9-3-10-18-43)47-33-25-41(26-34-47)42-27-35-48(36-28-42)50(44-19-11-4-12-20-44)46-31-23-40(24-32-46)38-15-7-2-8-16-38;1-5-13-31-25(9-1)26-10-2-6-14-32(26)37(31)23-17-19-35-29(21-23)30-22-24(18-20-36(30)39-35)38-33-15-7-3-11-27(33)28-12-4-8-16-34(28)38/h1-36H;1-22H. The van der Waals surface area contributed by atoms with Crippen molar-refractivity contribution in [3.63, 3.8) is 0 Å². The maximum absolute atomic E-state index is 2.41. The molecule has 0 saturated heterocycles. The van der Waals surface area contributed by atoms with Crippen molar-refractivity contribution in [1.82, 2.24) is 9.13 Å². The van der Waals surface area contributed by atoms with Gasteiger partial charge in [-0.1, -0.05) is 218 Å². The third kappa shape index (κ3) is 9.96. The van der Waals surface area contributed by atoms with Crippen LogP contribution in [-0.4, -0.2) is 9.13 Å². The number of aromatic nitrogens is 2. The predicted octanol–water partition coefficient (Wildman–Crippen LogP) is 23.9. The van der Waals surface area contributed by atoms with Crippen LogP contribution < -0.4 is 9.80 Å². The Kier molecular flexibility index (Phi) is 13.7. The van der Waals surface area contributed by atoms with E-state index in [9.17, 15) is 0 Å². The van der Waals surface area contributed by atoms with Gasteiger partial charge in [0.2, 0.25) is 0 Å². The normalized spacial score (nSPS) is 11.4. The zero-order valence-corrected chi connectivity index (χ0v) is 49.5. The van der Waals surface area contributed by atoms with Gasteiger partial charge in [-0.05, 0) is 167 Å². The fraction of sp³-hybridized carbons (Fsp3) is 0. The summed E-state index contributed by atoms with van der Waals surface area (Å²) in [5.41, 5.74) is 21.2. The molecule has 4 nitrogen and oxygen atoms in total. The minimum absolute atomic E-state index is 1.11. The largest absolute Gasteiger partial charge is 0.311 e.